The molecule has 0 spiro atoms. The van der Waals surface area contributed by atoms with Gasteiger partial charge in [-0.25, -0.2) is 4.79 Å². The van der Waals surface area contributed by atoms with Gasteiger partial charge in [-0.15, -0.1) is 10.2 Å². The molecule has 0 N–H and O–H groups in total. The van der Waals surface area contributed by atoms with Crippen molar-refractivity contribution in [3.05, 3.63) is 63.7 Å². The molecule has 4 aromatic rings. The van der Waals surface area contributed by atoms with E-state index in [4.69, 9.17) is 8.83 Å². The lowest BCUT2D eigenvalue weighted by molar-refractivity contribution is 0.559. The number of nitrogens with zero attached hydrogens (tertiary/aromatic N) is 3. The second kappa shape index (κ2) is 7.08. The summed E-state index contributed by atoms with van der Waals surface area (Å²) in [6, 6.07) is 9.25. The highest BCUT2D eigenvalue weighted by molar-refractivity contribution is 7.98. The fraction of sp³-hybridized carbons (Fsp3) is 0.250. The molecule has 1 aromatic carbocycles. The van der Waals surface area contributed by atoms with Gasteiger partial charge in [-0.3, -0.25) is 4.57 Å². The van der Waals surface area contributed by atoms with Crippen LogP contribution in [-0.4, -0.2) is 14.8 Å². The Kier molecular flexibility index (Phi) is 4.61. The van der Waals surface area contributed by atoms with Gasteiger partial charge in [-0.05, 0) is 61.7 Å². The molecule has 0 aliphatic heterocycles. The van der Waals surface area contributed by atoms with E-state index in [0.717, 1.165) is 28.2 Å². The normalized spacial score (nSPS) is 11.4. The van der Waals surface area contributed by atoms with Crippen LogP contribution in [0.2, 0.25) is 0 Å². The Hall–Kier alpha value is -2.80. The number of rotatable bonds is 5. The Balaban J connectivity index is 1.68. The average Bonchev–Trinajstić information content (AvgIpc) is 3.30. The zero-order valence-corrected chi connectivity index (χ0v) is 16.2. The van der Waals surface area contributed by atoms with Gasteiger partial charge in [-0.2, -0.15) is 0 Å². The smallest absolute Gasteiger partial charge is 0.336 e. The summed E-state index contributed by atoms with van der Waals surface area (Å²) in [6.45, 7) is 6.83. The third-order valence-corrected chi connectivity index (χ3v) is 5.59. The molecule has 0 fully saturated rings. The zero-order valence-electron chi connectivity index (χ0n) is 15.4. The summed E-state index contributed by atoms with van der Waals surface area (Å²) in [5.74, 6) is 1.99. The maximum Gasteiger partial charge on any atom is 0.336 e. The fourth-order valence-electron chi connectivity index (χ4n) is 3.01. The van der Waals surface area contributed by atoms with Crippen molar-refractivity contribution in [3.8, 4) is 11.6 Å². The van der Waals surface area contributed by atoms with Crippen LogP contribution in [0.15, 0.2) is 55.4 Å². The van der Waals surface area contributed by atoms with Crippen LogP contribution in [0.1, 0.15) is 23.6 Å². The molecule has 27 heavy (non-hydrogen) atoms. The number of aryl methyl sites for hydroxylation is 2. The Morgan fingerprint density at radius 1 is 1.15 bits per heavy atom. The molecule has 0 aliphatic rings. The summed E-state index contributed by atoms with van der Waals surface area (Å²) in [6.07, 6.45) is 1.62. The van der Waals surface area contributed by atoms with Gasteiger partial charge in [0.25, 0.3) is 0 Å². The van der Waals surface area contributed by atoms with Crippen LogP contribution in [0.4, 0.5) is 0 Å². The SMILES string of the molecule is CCn1c(SCc2cc(=O)oc3cc(C)c(C)cc23)nnc1-c1ccco1. The largest absolute Gasteiger partial charge is 0.461 e. The molecule has 138 valence electrons. The first-order valence-electron chi connectivity index (χ1n) is 8.70. The Morgan fingerprint density at radius 2 is 1.96 bits per heavy atom. The van der Waals surface area contributed by atoms with E-state index in [9.17, 15) is 4.79 Å². The summed E-state index contributed by atoms with van der Waals surface area (Å²) in [5, 5.41) is 10.3. The number of aromatic nitrogens is 3. The van der Waals surface area contributed by atoms with Crippen molar-refractivity contribution in [1.82, 2.24) is 14.8 Å². The van der Waals surface area contributed by atoms with Gasteiger partial charge in [0, 0.05) is 23.8 Å². The zero-order chi connectivity index (χ0) is 19.0. The summed E-state index contributed by atoms with van der Waals surface area (Å²) >= 11 is 1.54. The third kappa shape index (κ3) is 3.30. The first-order chi connectivity index (χ1) is 13.1. The number of hydrogen-bond acceptors (Lipinski definition) is 6. The van der Waals surface area contributed by atoms with Crippen LogP contribution in [0.3, 0.4) is 0 Å². The van der Waals surface area contributed by atoms with Crippen LogP contribution in [0.25, 0.3) is 22.6 Å². The van der Waals surface area contributed by atoms with Crippen molar-refractivity contribution in [2.45, 2.75) is 38.2 Å². The van der Waals surface area contributed by atoms with E-state index < -0.39 is 0 Å². The molecule has 0 bridgehead atoms. The van der Waals surface area contributed by atoms with Crippen molar-refractivity contribution < 1.29 is 8.83 Å². The van der Waals surface area contributed by atoms with E-state index in [1.165, 1.54) is 5.56 Å². The van der Waals surface area contributed by atoms with E-state index >= 15 is 0 Å². The predicted molar refractivity (Wildman–Crippen MR) is 105 cm³/mol. The minimum Gasteiger partial charge on any atom is -0.461 e. The lowest BCUT2D eigenvalue weighted by Crippen LogP contribution is -2.02. The summed E-state index contributed by atoms with van der Waals surface area (Å²) in [4.78, 5) is 12.0. The van der Waals surface area contributed by atoms with Gasteiger partial charge in [0.15, 0.2) is 16.7 Å². The molecule has 3 aromatic heterocycles. The maximum absolute atomic E-state index is 12.0. The highest BCUT2D eigenvalue weighted by atomic mass is 32.2. The van der Waals surface area contributed by atoms with E-state index in [-0.39, 0.29) is 5.63 Å². The minimum atomic E-state index is -0.338. The third-order valence-electron chi connectivity index (χ3n) is 4.58. The van der Waals surface area contributed by atoms with Crippen molar-refractivity contribution >= 4 is 22.7 Å². The Bertz CT molecular complexity index is 1160. The summed E-state index contributed by atoms with van der Waals surface area (Å²) in [5.41, 5.74) is 3.48. The van der Waals surface area contributed by atoms with Crippen molar-refractivity contribution in [3.63, 3.8) is 0 Å². The molecule has 0 radical (unpaired) electrons. The molecular formula is C20H19N3O3S. The number of hydrogen-bond donors (Lipinski definition) is 0. The molecule has 0 aliphatic carbocycles. The summed E-state index contributed by atoms with van der Waals surface area (Å²) in [7, 11) is 0. The highest BCUT2D eigenvalue weighted by Crippen LogP contribution is 2.29. The molecule has 7 heteroatoms. The molecule has 0 unspecified atom stereocenters. The van der Waals surface area contributed by atoms with Gasteiger partial charge >= 0.3 is 5.63 Å². The van der Waals surface area contributed by atoms with E-state index in [2.05, 4.69) is 23.2 Å². The second-order valence-electron chi connectivity index (χ2n) is 6.34. The van der Waals surface area contributed by atoms with Gasteiger partial charge in [0.05, 0.1) is 6.26 Å². The highest BCUT2D eigenvalue weighted by Gasteiger charge is 2.16. The Labute approximate surface area is 160 Å². The lowest BCUT2D eigenvalue weighted by atomic mass is 10.0. The number of benzene rings is 1. The molecule has 0 saturated heterocycles. The quantitative estimate of drug-likeness (QED) is 0.372. The van der Waals surface area contributed by atoms with E-state index in [0.29, 0.717) is 22.9 Å². The van der Waals surface area contributed by atoms with Gasteiger partial charge < -0.3 is 8.83 Å². The molecule has 0 atom stereocenters. The van der Waals surface area contributed by atoms with Crippen LogP contribution >= 0.6 is 11.8 Å². The first-order valence-corrected chi connectivity index (χ1v) is 9.69. The molecule has 4 rings (SSSR count). The molecule has 3 heterocycles. The van der Waals surface area contributed by atoms with Gasteiger partial charge in [0.1, 0.15) is 5.58 Å². The van der Waals surface area contributed by atoms with Crippen LogP contribution < -0.4 is 5.63 Å². The molecule has 6 nitrogen and oxygen atoms in total. The van der Waals surface area contributed by atoms with Crippen molar-refractivity contribution in [1.29, 1.82) is 0 Å². The lowest BCUT2D eigenvalue weighted by Gasteiger charge is -2.09. The van der Waals surface area contributed by atoms with Crippen molar-refractivity contribution in [2.75, 3.05) is 0 Å². The second-order valence-corrected chi connectivity index (χ2v) is 7.28. The van der Waals surface area contributed by atoms with Crippen LogP contribution in [0, 0.1) is 13.8 Å². The monoisotopic (exact) mass is 381 g/mol. The topological polar surface area (TPSA) is 74.1 Å². The van der Waals surface area contributed by atoms with E-state index in [1.54, 1.807) is 24.1 Å². The summed E-state index contributed by atoms with van der Waals surface area (Å²) < 4.78 is 12.8. The Morgan fingerprint density at radius 3 is 2.70 bits per heavy atom. The predicted octanol–water partition coefficient (Wildman–Crippen LogP) is 4.57. The first kappa shape index (κ1) is 17.6. The number of furan rings is 1. The average molecular weight is 381 g/mol. The fourth-order valence-corrected chi connectivity index (χ4v) is 4.01. The maximum atomic E-state index is 12.0. The van der Waals surface area contributed by atoms with E-state index in [1.807, 2.05) is 36.6 Å². The van der Waals surface area contributed by atoms with Crippen molar-refractivity contribution in [2.24, 2.45) is 0 Å². The molecule has 0 saturated carbocycles. The van der Waals surface area contributed by atoms with Crippen LogP contribution in [-0.2, 0) is 12.3 Å². The molecule has 0 amide bonds. The van der Waals surface area contributed by atoms with Gasteiger partial charge in [0.2, 0.25) is 0 Å². The molecular weight excluding hydrogens is 362 g/mol. The number of fused-ring (bicyclic) bond motifs is 1. The standard InChI is InChI=1S/C20H19N3O3S/c1-4-23-19(16-6-5-7-25-16)21-22-20(23)27-11-14-10-18(24)26-17-9-13(3)12(2)8-15(14)17/h5-10H,4,11H2,1-3H3. The van der Waals surface area contributed by atoms with Crippen LogP contribution in [0.5, 0.6) is 0 Å². The minimum absolute atomic E-state index is 0.338. The number of thioether (sulfide) groups is 1. The van der Waals surface area contributed by atoms with Gasteiger partial charge in [-0.1, -0.05) is 11.8 Å².